The van der Waals surface area contributed by atoms with Crippen LogP contribution in [0.4, 0.5) is 4.79 Å². The van der Waals surface area contributed by atoms with Crippen molar-refractivity contribution in [3.8, 4) is 0 Å². The fourth-order valence-electron chi connectivity index (χ4n) is 0.925. The number of carbonyl (C=O) groups is 1. The molecular formula is C9H10BrN3O. The molecule has 1 rings (SSSR count). The van der Waals surface area contributed by atoms with Crippen LogP contribution in [-0.2, 0) is 0 Å². The van der Waals surface area contributed by atoms with Crippen LogP contribution in [0.5, 0.6) is 0 Å². The third-order valence-electron chi connectivity index (χ3n) is 1.53. The number of rotatable bonds is 3. The zero-order chi connectivity index (χ0) is 10.4. The van der Waals surface area contributed by atoms with E-state index in [9.17, 15) is 4.79 Å². The zero-order valence-corrected chi connectivity index (χ0v) is 8.99. The minimum absolute atomic E-state index is 0.553. The molecule has 0 atom stereocenters. The van der Waals surface area contributed by atoms with Gasteiger partial charge in [-0.1, -0.05) is 46.3 Å². The molecular weight excluding hydrogens is 246 g/mol. The van der Waals surface area contributed by atoms with E-state index in [2.05, 4.69) is 26.5 Å². The average molecular weight is 256 g/mol. The van der Waals surface area contributed by atoms with Crippen LogP contribution in [0.25, 0.3) is 0 Å². The number of primary amides is 1. The van der Waals surface area contributed by atoms with Crippen molar-refractivity contribution in [2.24, 2.45) is 10.8 Å². The summed E-state index contributed by atoms with van der Waals surface area (Å²) < 4.78 is 0. The summed E-state index contributed by atoms with van der Waals surface area (Å²) in [6.07, 6.45) is 0. The molecule has 0 radical (unpaired) electrons. The highest BCUT2D eigenvalue weighted by Gasteiger charge is 2.00. The number of nitrogens with zero attached hydrogens (tertiary/aromatic N) is 1. The summed E-state index contributed by atoms with van der Waals surface area (Å²) in [7, 11) is 0. The van der Waals surface area contributed by atoms with E-state index >= 15 is 0 Å². The van der Waals surface area contributed by atoms with Gasteiger partial charge in [0.2, 0.25) is 0 Å². The number of hydrazone groups is 1. The second-order valence-electron chi connectivity index (χ2n) is 2.53. The Morgan fingerprint density at radius 3 is 2.57 bits per heavy atom. The van der Waals surface area contributed by atoms with E-state index in [1.54, 1.807) is 0 Å². The first kappa shape index (κ1) is 10.7. The molecule has 74 valence electrons. The SMILES string of the molecule is NC(=O)NN=C(CBr)c1ccccc1. The number of alkyl halides is 1. The van der Waals surface area contributed by atoms with Gasteiger partial charge in [0.1, 0.15) is 0 Å². The number of carbonyl (C=O) groups excluding carboxylic acids is 1. The number of benzene rings is 1. The smallest absolute Gasteiger partial charge is 0.332 e. The molecule has 0 saturated carbocycles. The molecule has 0 heterocycles. The van der Waals surface area contributed by atoms with E-state index in [0.29, 0.717) is 5.33 Å². The molecule has 2 amide bonds. The minimum Gasteiger partial charge on any atom is -0.350 e. The molecule has 0 saturated heterocycles. The highest BCUT2D eigenvalue weighted by molar-refractivity contribution is 9.09. The average Bonchev–Trinajstić information content (AvgIpc) is 2.20. The Hall–Kier alpha value is -1.36. The Morgan fingerprint density at radius 1 is 1.43 bits per heavy atom. The molecule has 0 bridgehead atoms. The predicted molar refractivity (Wildman–Crippen MR) is 59.5 cm³/mol. The van der Waals surface area contributed by atoms with Gasteiger partial charge in [-0.15, -0.1) is 0 Å². The number of hydrogen-bond donors (Lipinski definition) is 2. The van der Waals surface area contributed by atoms with Crippen LogP contribution in [0.1, 0.15) is 5.56 Å². The number of nitrogens with two attached hydrogens (primary N) is 1. The van der Waals surface area contributed by atoms with E-state index in [1.807, 2.05) is 30.3 Å². The Kier molecular flexibility index (Phi) is 4.12. The van der Waals surface area contributed by atoms with Crippen LogP contribution >= 0.6 is 15.9 Å². The van der Waals surface area contributed by atoms with Crippen molar-refractivity contribution in [1.29, 1.82) is 0 Å². The Morgan fingerprint density at radius 2 is 2.07 bits per heavy atom. The number of nitrogens with one attached hydrogen (secondary N) is 1. The van der Waals surface area contributed by atoms with E-state index in [0.717, 1.165) is 11.3 Å². The van der Waals surface area contributed by atoms with Crippen LogP contribution in [-0.4, -0.2) is 17.1 Å². The molecule has 0 aliphatic rings. The van der Waals surface area contributed by atoms with Gasteiger partial charge < -0.3 is 5.73 Å². The second kappa shape index (κ2) is 5.39. The molecule has 5 heteroatoms. The maximum absolute atomic E-state index is 10.4. The van der Waals surface area contributed by atoms with Crippen LogP contribution in [0.15, 0.2) is 35.4 Å². The first-order chi connectivity index (χ1) is 6.74. The van der Waals surface area contributed by atoms with Crippen molar-refractivity contribution in [1.82, 2.24) is 5.43 Å². The highest BCUT2D eigenvalue weighted by atomic mass is 79.9. The lowest BCUT2D eigenvalue weighted by atomic mass is 10.1. The van der Waals surface area contributed by atoms with Crippen LogP contribution < -0.4 is 11.2 Å². The lowest BCUT2D eigenvalue weighted by Crippen LogP contribution is -2.26. The minimum atomic E-state index is -0.667. The molecule has 4 nitrogen and oxygen atoms in total. The molecule has 1 aromatic carbocycles. The number of amides is 2. The van der Waals surface area contributed by atoms with Gasteiger partial charge >= 0.3 is 6.03 Å². The summed E-state index contributed by atoms with van der Waals surface area (Å²) >= 11 is 3.28. The van der Waals surface area contributed by atoms with Crippen molar-refractivity contribution >= 4 is 27.7 Å². The van der Waals surface area contributed by atoms with Crippen molar-refractivity contribution in [2.45, 2.75) is 0 Å². The van der Waals surface area contributed by atoms with E-state index in [4.69, 9.17) is 5.73 Å². The Balaban J connectivity index is 2.82. The fraction of sp³-hybridized carbons (Fsp3) is 0.111. The lowest BCUT2D eigenvalue weighted by molar-refractivity contribution is 0.249. The highest BCUT2D eigenvalue weighted by Crippen LogP contribution is 2.02. The summed E-state index contributed by atoms with van der Waals surface area (Å²) in [4.78, 5) is 10.4. The Bertz CT molecular complexity index is 337. The molecule has 0 aliphatic heterocycles. The van der Waals surface area contributed by atoms with Crippen LogP contribution in [0, 0.1) is 0 Å². The molecule has 14 heavy (non-hydrogen) atoms. The summed E-state index contributed by atoms with van der Waals surface area (Å²) in [5.74, 6) is 0. The normalized spacial score (nSPS) is 11.1. The maximum atomic E-state index is 10.4. The quantitative estimate of drug-likeness (QED) is 0.479. The standard InChI is InChI=1S/C9H10BrN3O/c10-6-8(12-13-9(11)14)7-4-2-1-3-5-7/h1-5H,6H2,(H3,11,13,14). The predicted octanol–water partition coefficient (Wildman–Crippen LogP) is 1.45. The summed E-state index contributed by atoms with van der Waals surface area (Å²) in [5.41, 5.74) is 8.76. The van der Waals surface area contributed by atoms with Crippen LogP contribution in [0.3, 0.4) is 0 Å². The molecule has 0 aromatic heterocycles. The zero-order valence-electron chi connectivity index (χ0n) is 7.40. The maximum Gasteiger partial charge on any atom is 0.332 e. The molecule has 0 fully saturated rings. The van der Waals surface area contributed by atoms with E-state index in [-0.39, 0.29) is 0 Å². The molecule has 0 aliphatic carbocycles. The van der Waals surface area contributed by atoms with Gasteiger partial charge in [0.15, 0.2) is 0 Å². The molecule has 3 N–H and O–H groups in total. The van der Waals surface area contributed by atoms with Gasteiger partial charge in [0.25, 0.3) is 0 Å². The summed E-state index contributed by atoms with van der Waals surface area (Å²) in [6, 6.07) is 8.86. The van der Waals surface area contributed by atoms with Gasteiger partial charge in [-0.25, -0.2) is 10.2 Å². The van der Waals surface area contributed by atoms with Crippen molar-refractivity contribution < 1.29 is 4.79 Å². The van der Waals surface area contributed by atoms with E-state index < -0.39 is 6.03 Å². The number of halogens is 1. The second-order valence-corrected chi connectivity index (χ2v) is 3.09. The summed E-state index contributed by atoms with van der Waals surface area (Å²) in [6.45, 7) is 0. The number of urea groups is 1. The largest absolute Gasteiger partial charge is 0.350 e. The first-order valence-corrected chi connectivity index (χ1v) is 5.09. The third-order valence-corrected chi connectivity index (χ3v) is 2.07. The van der Waals surface area contributed by atoms with Gasteiger partial charge in [-0.3, -0.25) is 0 Å². The van der Waals surface area contributed by atoms with Crippen LogP contribution in [0.2, 0.25) is 0 Å². The molecule has 0 spiro atoms. The van der Waals surface area contributed by atoms with Gasteiger partial charge in [-0.05, 0) is 5.56 Å². The first-order valence-electron chi connectivity index (χ1n) is 3.97. The van der Waals surface area contributed by atoms with Gasteiger partial charge in [0, 0.05) is 5.33 Å². The lowest BCUT2D eigenvalue weighted by Gasteiger charge is -2.02. The van der Waals surface area contributed by atoms with Crippen molar-refractivity contribution in [2.75, 3.05) is 5.33 Å². The van der Waals surface area contributed by atoms with Gasteiger partial charge in [-0.2, -0.15) is 5.10 Å². The molecule has 1 aromatic rings. The number of hydrogen-bond acceptors (Lipinski definition) is 2. The monoisotopic (exact) mass is 255 g/mol. The van der Waals surface area contributed by atoms with Crippen molar-refractivity contribution in [3.63, 3.8) is 0 Å². The fourth-order valence-corrected chi connectivity index (χ4v) is 1.37. The summed E-state index contributed by atoms with van der Waals surface area (Å²) in [5, 5.41) is 4.41. The molecule has 0 unspecified atom stereocenters. The van der Waals surface area contributed by atoms with Crippen molar-refractivity contribution in [3.05, 3.63) is 35.9 Å². The van der Waals surface area contributed by atoms with Gasteiger partial charge in [0.05, 0.1) is 5.71 Å². The Labute approximate surface area is 90.3 Å². The van der Waals surface area contributed by atoms with E-state index in [1.165, 1.54) is 0 Å². The third kappa shape index (κ3) is 3.18. The topological polar surface area (TPSA) is 67.5 Å².